The fourth-order valence-corrected chi connectivity index (χ4v) is 2.92. The predicted octanol–water partition coefficient (Wildman–Crippen LogP) is 5.05. The molecule has 1 amide bonds. The van der Waals surface area contributed by atoms with Gasteiger partial charge in [-0.1, -0.05) is 41.4 Å². The van der Waals surface area contributed by atoms with Gasteiger partial charge in [0.15, 0.2) is 0 Å². The predicted molar refractivity (Wildman–Crippen MR) is 95.7 cm³/mol. The number of hydrogen-bond acceptors (Lipinski definition) is 2. The number of hydrogen-bond donors (Lipinski definition) is 2. The van der Waals surface area contributed by atoms with Crippen molar-refractivity contribution in [1.82, 2.24) is 5.32 Å². The molecule has 0 aromatic heterocycles. The van der Waals surface area contributed by atoms with E-state index >= 15 is 0 Å². The molecule has 2 N–H and O–H groups in total. The molecule has 3 nitrogen and oxygen atoms in total. The Kier molecular flexibility index (Phi) is 6.26. The minimum absolute atomic E-state index is 0.0604. The first-order chi connectivity index (χ1) is 10.5. The molecule has 0 aliphatic rings. The van der Waals surface area contributed by atoms with Crippen molar-refractivity contribution in [3.8, 4) is 0 Å². The summed E-state index contributed by atoms with van der Waals surface area (Å²) in [6.45, 7) is 2.13. The summed E-state index contributed by atoms with van der Waals surface area (Å²) < 4.78 is 0.845. The van der Waals surface area contributed by atoms with Gasteiger partial charge < -0.3 is 10.6 Å². The third-order valence-electron chi connectivity index (χ3n) is 3.15. The highest BCUT2D eigenvalue weighted by Crippen LogP contribution is 2.26. The number of carbonyl (C=O) groups excluding carboxylic acids is 1. The average molecular weight is 402 g/mol. The maximum atomic E-state index is 12.0. The third kappa shape index (κ3) is 4.71. The van der Waals surface area contributed by atoms with Crippen LogP contribution in [0.4, 0.5) is 5.69 Å². The Bertz CT molecular complexity index is 679. The van der Waals surface area contributed by atoms with Crippen LogP contribution in [0.15, 0.2) is 46.9 Å². The van der Waals surface area contributed by atoms with Gasteiger partial charge in [0.1, 0.15) is 0 Å². The number of rotatable bonds is 5. The molecule has 116 valence electrons. The van der Waals surface area contributed by atoms with E-state index in [1.165, 1.54) is 0 Å². The van der Waals surface area contributed by atoms with Crippen molar-refractivity contribution in [2.75, 3.05) is 11.9 Å². The highest BCUT2D eigenvalue weighted by atomic mass is 79.9. The van der Waals surface area contributed by atoms with Crippen molar-refractivity contribution in [1.29, 1.82) is 0 Å². The molecular formula is C16H15BrCl2N2O. The Morgan fingerprint density at radius 3 is 2.64 bits per heavy atom. The maximum Gasteiger partial charge on any atom is 0.238 e. The molecule has 0 spiro atoms. The van der Waals surface area contributed by atoms with Gasteiger partial charge in [-0.05, 0) is 52.7 Å². The number of nitrogens with one attached hydrogen (secondary N) is 2. The van der Waals surface area contributed by atoms with E-state index in [0.717, 1.165) is 15.7 Å². The molecule has 0 heterocycles. The Morgan fingerprint density at radius 2 is 1.95 bits per heavy atom. The zero-order chi connectivity index (χ0) is 16.1. The molecule has 0 unspecified atom stereocenters. The van der Waals surface area contributed by atoms with Gasteiger partial charge in [-0.25, -0.2) is 0 Å². The second-order valence-electron chi connectivity index (χ2n) is 4.80. The lowest BCUT2D eigenvalue weighted by Crippen LogP contribution is -2.30. The molecule has 0 radical (unpaired) electrons. The summed E-state index contributed by atoms with van der Waals surface area (Å²) in [5, 5.41) is 7.15. The summed E-state index contributed by atoms with van der Waals surface area (Å²) in [5.74, 6) is -0.121. The van der Waals surface area contributed by atoms with Gasteiger partial charge in [-0.3, -0.25) is 4.79 Å². The first kappa shape index (κ1) is 17.3. The molecule has 22 heavy (non-hydrogen) atoms. The zero-order valence-electron chi connectivity index (χ0n) is 11.9. The minimum Gasteiger partial charge on any atom is -0.324 e. The van der Waals surface area contributed by atoms with E-state index in [1.807, 2.05) is 37.3 Å². The SMILES string of the molecule is C[C@H](NCC(=O)Nc1ccccc1Br)c1ccc(Cl)cc1Cl. The van der Waals surface area contributed by atoms with Crippen LogP contribution in [0.3, 0.4) is 0 Å². The van der Waals surface area contributed by atoms with E-state index < -0.39 is 0 Å². The van der Waals surface area contributed by atoms with Crippen molar-refractivity contribution in [2.24, 2.45) is 0 Å². The molecule has 0 fully saturated rings. The number of halogens is 3. The van der Waals surface area contributed by atoms with Gasteiger partial charge >= 0.3 is 0 Å². The quantitative estimate of drug-likeness (QED) is 0.736. The van der Waals surface area contributed by atoms with E-state index in [0.29, 0.717) is 10.0 Å². The van der Waals surface area contributed by atoms with Gasteiger partial charge in [0, 0.05) is 20.6 Å². The number of carbonyl (C=O) groups is 1. The van der Waals surface area contributed by atoms with Crippen molar-refractivity contribution in [2.45, 2.75) is 13.0 Å². The minimum atomic E-state index is -0.121. The lowest BCUT2D eigenvalue weighted by molar-refractivity contribution is -0.115. The van der Waals surface area contributed by atoms with E-state index in [1.54, 1.807) is 12.1 Å². The summed E-state index contributed by atoms with van der Waals surface area (Å²) in [7, 11) is 0. The summed E-state index contributed by atoms with van der Waals surface area (Å²) in [5.41, 5.74) is 1.64. The molecule has 0 saturated heterocycles. The molecule has 6 heteroatoms. The van der Waals surface area contributed by atoms with Crippen LogP contribution in [-0.2, 0) is 4.79 Å². The fraction of sp³-hybridized carbons (Fsp3) is 0.188. The fourth-order valence-electron chi connectivity index (χ4n) is 1.97. The third-order valence-corrected chi connectivity index (χ3v) is 4.40. The number of benzene rings is 2. The lowest BCUT2D eigenvalue weighted by Gasteiger charge is -2.16. The smallest absolute Gasteiger partial charge is 0.238 e. The van der Waals surface area contributed by atoms with Crippen molar-refractivity contribution >= 4 is 50.7 Å². The molecule has 2 aromatic carbocycles. The van der Waals surface area contributed by atoms with E-state index in [-0.39, 0.29) is 18.5 Å². The van der Waals surface area contributed by atoms with Crippen LogP contribution in [0.5, 0.6) is 0 Å². The Balaban J connectivity index is 1.92. The highest BCUT2D eigenvalue weighted by Gasteiger charge is 2.12. The maximum absolute atomic E-state index is 12.0. The Morgan fingerprint density at radius 1 is 1.23 bits per heavy atom. The first-order valence-electron chi connectivity index (χ1n) is 6.70. The Labute approximate surface area is 148 Å². The summed E-state index contributed by atoms with van der Waals surface area (Å²) in [4.78, 5) is 12.0. The van der Waals surface area contributed by atoms with Gasteiger partial charge in [-0.15, -0.1) is 0 Å². The van der Waals surface area contributed by atoms with E-state index in [4.69, 9.17) is 23.2 Å². The van der Waals surface area contributed by atoms with Crippen LogP contribution in [0.2, 0.25) is 10.0 Å². The zero-order valence-corrected chi connectivity index (χ0v) is 15.0. The molecule has 2 aromatic rings. The lowest BCUT2D eigenvalue weighted by atomic mass is 10.1. The summed E-state index contributed by atoms with van der Waals surface area (Å²) >= 11 is 15.4. The number of para-hydroxylation sites is 1. The molecule has 0 bridgehead atoms. The topological polar surface area (TPSA) is 41.1 Å². The number of anilines is 1. The molecular weight excluding hydrogens is 387 g/mol. The Hall–Kier alpha value is -1.07. The van der Waals surface area contributed by atoms with Crippen LogP contribution < -0.4 is 10.6 Å². The molecule has 1 atom stereocenters. The van der Waals surface area contributed by atoms with E-state index in [2.05, 4.69) is 26.6 Å². The van der Waals surface area contributed by atoms with E-state index in [9.17, 15) is 4.79 Å². The second-order valence-corrected chi connectivity index (χ2v) is 6.49. The number of amides is 1. The normalized spacial score (nSPS) is 12.0. The summed E-state index contributed by atoms with van der Waals surface area (Å²) in [6, 6.07) is 12.7. The van der Waals surface area contributed by atoms with Crippen LogP contribution in [0, 0.1) is 0 Å². The molecule has 0 aliphatic carbocycles. The molecule has 2 rings (SSSR count). The van der Waals surface area contributed by atoms with Crippen molar-refractivity contribution < 1.29 is 4.79 Å². The van der Waals surface area contributed by atoms with Crippen molar-refractivity contribution in [3.63, 3.8) is 0 Å². The van der Waals surface area contributed by atoms with Crippen LogP contribution in [0.25, 0.3) is 0 Å². The van der Waals surface area contributed by atoms with Gasteiger partial charge in [0.25, 0.3) is 0 Å². The van der Waals surface area contributed by atoms with Crippen LogP contribution >= 0.6 is 39.1 Å². The van der Waals surface area contributed by atoms with Crippen LogP contribution in [0.1, 0.15) is 18.5 Å². The molecule has 0 aliphatic heterocycles. The molecule has 0 saturated carbocycles. The van der Waals surface area contributed by atoms with Crippen molar-refractivity contribution in [3.05, 3.63) is 62.5 Å². The standard InChI is InChI=1S/C16H15BrCl2N2O/c1-10(12-7-6-11(18)8-14(12)19)20-9-16(22)21-15-5-3-2-4-13(15)17/h2-8,10,20H,9H2,1H3,(H,21,22)/t10-/m0/s1. The van der Waals surface area contributed by atoms with Gasteiger partial charge in [-0.2, -0.15) is 0 Å². The summed E-state index contributed by atoms with van der Waals surface area (Å²) in [6.07, 6.45) is 0. The monoisotopic (exact) mass is 400 g/mol. The van der Waals surface area contributed by atoms with Gasteiger partial charge in [0.2, 0.25) is 5.91 Å². The van der Waals surface area contributed by atoms with Crippen LogP contribution in [-0.4, -0.2) is 12.5 Å². The largest absolute Gasteiger partial charge is 0.324 e. The van der Waals surface area contributed by atoms with Gasteiger partial charge in [0.05, 0.1) is 12.2 Å². The highest BCUT2D eigenvalue weighted by molar-refractivity contribution is 9.10. The second kappa shape index (κ2) is 7.97. The first-order valence-corrected chi connectivity index (χ1v) is 8.25. The average Bonchev–Trinajstić information content (AvgIpc) is 2.47.